The lowest BCUT2D eigenvalue weighted by atomic mass is 9.83. The van der Waals surface area contributed by atoms with E-state index in [0.29, 0.717) is 28.7 Å². The Hall–Kier alpha value is -2.71. The van der Waals surface area contributed by atoms with Crippen molar-refractivity contribution in [3.63, 3.8) is 0 Å². The van der Waals surface area contributed by atoms with Crippen molar-refractivity contribution in [3.05, 3.63) is 46.9 Å². The minimum Gasteiger partial charge on any atom is -0.507 e. The summed E-state index contributed by atoms with van der Waals surface area (Å²) in [5.74, 6) is 0.139. The van der Waals surface area contributed by atoms with Crippen LogP contribution in [0.25, 0.3) is 21.7 Å². The predicted molar refractivity (Wildman–Crippen MR) is 124 cm³/mol. The smallest absolute Gasteiger partial charge is 0.250 e. The number of aromatic hydroxyl groups is 1. The molecule has 2 aliphatic rings. The largest absolute Gasteiger partial charge is 0.507 e. The van der Waals surface area contributed by atoms with Gasteiger partial charge < -0.3 is 19.9 Å². The SMILES string of the molecule is CN(c1nnc(-c2ccc(-c3ccn(C)c(=O)c3)cc2O)s1)C1C[C@H]2CCC[C@@H](C1)N2. The molecule has 3 aromatic rings. The van der Waals surface area contributed by atoms with Crippen LogP contribution in [0, 0.1) is 0 Å². The topological polar surface area (TPSA) is 83.3 Å². The molecule has 7 nitrogen and oxygen atoms in total. The second-order valence-corrected chi connectivity index (χ2v) is 9.67. The number of rotatable bonds is 4. The number of nitrogens with zero attached hydrogens (tertiary/aromatic N) is 4. The number of aromatic nitrogens is 3. The highest BCUT2D eigenvalue weighted by atomic mass is 32.1. The van der Waals surface area contributed by atoms with E-state index in [0.717, 1.165) is 29.1 Å². The van der Waals surface area contributed by atoms with Gasteiger partial charge in [-0.15, -0.1) is 10.2 Å². The van der Waals surface area contributed by atoms with E-state index >= 15 is 0 Å². The summed E-state index contributed by atoms with van der Waals surface area (Å²) in [6, 6.07) is 10.6. The van der Waals surface area contributed by atoms with Gasteiger partial charge in [-0.2, -0.15) is 0 Å². The molecule has 1 aromatic carbocycles. The Balaban J connectivity index is 1.36. The van der Waals surface area contributed by atoms with E-state index < -0.39 is 0 Å². The number of phenolic OH excluding ortho intramolecular Hbond substituents is 1. The van der Waals surface area contributed by atoms with Gasteiger partial charge in [-0.1, -0.05) is 23.8 Å². The highest BCUT2D eigenvalue weighted by molar-refractivity contribution is 7.18. The molecule has 0 spiro atoms. The molecule has 0 radical (unpaired) electrons. The van der Waals surface area contributed by atoms with Crippen molar-refractivity contribution in [3.8, 4) is 27.4 Å². The summed E-state index contributed by atoms with van der Waals surface area (Å²) in [5, 5.41) is 24.8. The maximum Gasteiger partial charge on any atom is 0.250 e. The molecule has 2 aromatic heterocycles. The number of aryl methyl sites for hydroxylation is 1. The van der Waals surface area contributed by atoms with E-state index in [-0.39, 0.29) is 11.3 Å². The Morgan fingerprint density at radius 1 is 1.13 bits per heavy atom. The molecule has 2 bridgehead atoms. The number of fused-ring (bicyclic) bond motifs is 2. The van der Waals surface area contributed by atoms with E-state index in [1.165, 1.54) is 35.2 Å². The fraction of sp³-hybridized carbons (Fsp3) is 0.435. The number of pyridine rings is 1. The van der Waals surface area contributed by atoms with Crippen molar-refractivity contribution < 1.29 is 5.11 Å². The Kier molecular flexibility index (Phi) is 5.27. The fourth-order valence-electron chi connectivity index (χ4n) is 4.79. The number of nitrogens with one attached hydrogen (secondary N) is 1. The van der Waals surface area contributed by atoms with Crippen molar-refractivity contribution in [2.75, 3.05) is 11.9 Å². The molecular formula is C23H27N5O2S. The van der Waals surface area contributed by atoms with Crippen LogP contribution in [0.4, 0.5) is 5.13 Å². The van der Waals surface area contributed by atoms with Crippen LogP contribution < -0.4 is 15.8 Å². The summed E-state index contributed by atoms with van der Waals surface area (Å²) in [7, 11) is 3.82. The molecule has 2 saturated heterocycles. The first-order valence-corrected chi connectivity index (χ1v) is 11.6. The van der Waals surface area contributed by atoms with E-state index in [2.05, 4.69) is 27.5 Å². The molecule has 8 heteroatoms. The molecule has 2 aliphatic heterocycles. The summed E-state index contributed by atoms with van der Waals surface area (Å²) < 4.78 is 1.52. The first-order valence-electron chi connectivity index (χ1n) is 10.8. The lowest BCUT2D eigenvalue weighted by molar-refractivity contribution is 0.219. The van der Waals surface area contributed by atoms with Crippen LogP contribution in [0.1, 0.15) is 32.1 Å². The third-order valence-corrected chi connectivity index (χ3v) is 7.67. The van der Waals surface area contributed by atoms with Crippen molar-refractivity contribution in [1.29, 1.82) is 0 Å². The number of phenols is 1. The summed E-state index contributed by atoms with van der Waals surface area (Å²) in [5.41, 5.74) is 2.15. The molecule has 0 aliphatic carbocycles. The van der Waals surface area contributed by atoms with Crippen LogP contribution in [0.5, 0.6) is 5.75 Å². The standard InChI is InChI=1S/C23H27N5O2S/c1-27-9-8-15(11-21(27)30)14-6-7-19(20(29)10-14)22-25-26-23(31-22)28(2)18-12-16-4-3-5-17(13-18)24-16/h6-11,16-18,24,29H,3-5,12-13H2,1-2H3/t16-,17+,18?. The summed E-state index contributed by atoms with van der Waals surface area (Å²) in [6.07, 6.45) is 7.85. The van der Waals surface area contributed by atoms with Crippen LogP contribution >= 0.6 is 11.3 Å². The molecule has 1 unspecified atom stereocenters. The fourth-order valence-corrected chi connectivity index (χ4v) is 5.71. The quantitative estimate of drug-likeness (QED) is 0.651. The minimum atomic E-state index is -0.0834. The Labute approximate surface area is 185 Å². The molecular weight excluding hydrogens is 410 g/mol. The molecule has 2 fully saturated rings. The Morgan fingerprint density at radius 2 is 1.87 bits per heavy atom. The van der Waals surface area contributed by atoms with Gasteiger partial charge in [0.2, 0.25) is 5.13 Å². The molecule has 0 saturated carbocycles. The zero-order valence-corrected chi connectivity index (χ0v) is 18.6. The first-order chi connectivity index (χ1) is 15.0. The Bertz CT molecular complexity index is 1140. The third kappa shape index (κ3) is 3.97. The number of anilines is 1. The highest BCUT2D eigenvalue weighted by Crippen LogP contribution is 2.38. The number of benzene rings is 1. The van der Waals surface area contributed by atoms with Gasteiger partial charge in [0.05, 0.1) is 5.56 Å². The van der Waals surface area contributed by atoms with E-state index in [1.54, 1.807) is 25.4 Å². The van der Waals surface area contributed by atoms with Gasteiger partial charge in [0.25, 0.3) is 5.56 Å². The van der Waals surface area contributed by atoms with Crippen LogP contribution in [0.15, 0.2) is 41.3 Å². The highest BCUT2D eigenvalue weighted by Gasteiger charge is 2.34. The van der Waals surface area contributed by atoms with Crippen LogP contribution in [0.2, 0.25) is 0 Å². The molecule has 5 rings (SSSR count). The third-order valence-electron chi connectivity index (χ3n) is 6.62. The van der Waals surface area contributed by atoms with Gasteiger partial charge in [0.1, 0.15) is 5.75 Å². The monoisotopic (exact) mass is 437 g/mol. The zero-order valence-electron chi connectivity index (χ0n) is 17.8. The van der Waals surface area contributed by atoms with Gasteiger partial charge >= 0.3 is 0 Å². The first kappa shape index (κ1) is 20.2. The zero-order chi connectivity index (χ0) is 21.5. The molecule has 0 amide bonds. The van der Waals surface area contributed by atoms with Gasteiger partial charge in [-0.25, -0.2) is 0 Å². The van der Waals surface area contributed by atoms with Crippen molar-refractivity contribution in [1.82, 2.24) is 20.1 Å². The van der Waals surface area contributed by atoms with E-state index in [1.807, 2.05) is 18.2 Å². The average Bonchev–Trinajstić information content (AvgIpc) is 3.24. The van der Waals surface area contributed by atoms with Crippen LogP contribution in [-0.2, 0) is 7.05 Å². The van der Waals surface area contributed by atoms with Crippen LogP contribution in [0.3, 0.4) is 0 Å². The van der Waals surface area contributed by atoms with Gasteiger partial charge in [0, 0.05) is 44.5 Å². The average molecular weight is 438 g/mol. The Morgan fingerprint density at radius 3 is 2.58 bits per heavy atom. The molecule has 4 heterocycles. The molecule has 162 valence electrons. The van der Waals surface area contributed by atoms with Crippen molar-refractivity contribution >= 4 is 16.5 Å². The molecule has 31 heavy (non-hydrogen) atoms. The lowest BCUT2D eigenvalue weighted by Crippen LogP contribution is -2.54. The second kappa shape index (κ2) is 8.09. The number of piperidine rings is 2. The number of hydrogen-bond donors (Lipinski definition) is 2. The lowest BCUT2D eigenvalue weighted by Gasteiger charge is -2.43. The van der Waals surface area contributed by atoms with Gasteiger partial charge in [0.15, 0.2) is 5.01 Å². The van der Waals surface area contributed by atoms with Crippen molar-refractivity contribution in [2.24, 2.45) is 7.05 Å². The maximum absolute atomic E-state index is 11.9. The van der Waals surface area contributed by atoms with E-state index in [4.69, 9.17) is 0 Å². The minimum absolute atomic E-state index is 0.0834. The van der Waals surface area contributed by atoms with Gasteiger partial charge in [-0.3, -0.25) is 4.79 Å². The summed E-state index contributed by atoms with van der Waals surface area (Å²) in [4.78, 5) is 14.2. The molecule has 3 atom stereocenters. The van der Waals surface area contributed by atoms with Crippen LogP contribution in [-0.4, -0.2) is 45.0 Å². The molecule has 2 N–H and O–H groups in total. The van der Waals surface area contributed by atoms with Crippen molar-refractivity contribution in [2.45, 2.75) is 50.2 Å². The van der Waals surface area contributed by atoms with E-state index in [9.17, 15) is 9.90 Å². The second-order valence-electron chi connectivity index (χ2n) is 8.71. The van der Waals surface area contributed by atoms with Gasteiger partial charge in [-0.05, 0) is 55.0 Å². The predicted octanol–water partition coefficient (Wildman–Crippen LogP) is 3.39. The maximum atomic E-state index is 11.9. The summed E-state index contributed by atoms with van der Waals surface area (Å²) in [6.45, 7) is 0. The summed E-state index contributed by atoms with van der Waals surface area (Å²) >= 11 is 1.51. The number of hydrogen-bond acceptors (Lipinski definition) is 7. The normalized spacial score (nSPS) is 23.0.